The zero-order chi connectivity index (χ0) is 9.23. The van der Waals surface area contributed by atoms with Gasteiger partial charge in [0.05, 0.1) is 0 Å². The molecule has 0 aliphatic carbocycles. The molecule has 0 rings (SSSR count). The monoisotopic (exact) mass is 185 g/mol. The molecule has 0 aromatic heterocycles. The lowest BCUT2D eigenvalue weighted by Crippen LogP contribution is -2.09. The quantitative estimate of drug-likeness (QED) is 0.417. The highest BCUT2D eigenvalue weighted by Gasteiger charge is 2.02. The molecule has 0 amide bonds. The molecule has 0 heterocycles. The van der Waals surface area contributed by atoms with E-state index in [1.54, 1.807) is 0 Å². The Kier molecular flexibility index (Phi) is 9.40. The van der Waals surface area contributed by atoms with Crippen molar-refractivity contribution in [3.63, 3.8) is 0 Å². The van der Waals surface area contributed by atoms with Gasteiger partial charge in [-0.15, -0.1) is 0 Å². The van der Waals surface area contributed by atoms with Gasteiger partial charge in [-0.3, -0.25) is 0 Å². The summed E-state index contributed by atoms with van der Waals surface area (Å²) in [4.78, 5) is 0. The Labute approximate surface area is 80.4 Å². The molecule has 0 aliphatic heterocycles. The molecule has 12 heavy (non-hydrogen) atoms. The van der Waals surface area contributed by atoms with Crippen LogP contribution >= 0.6 is 0 Å². The Morgan fingerprint density at radius 3 is 2.25 bits per heavy atom. The molecule has 0 saturated heterocycles. The Hall–Kier alpha value is 0.177. The zero-order valence-electron chi connectivity index (χ0n) is 8.44. The van der Waals surface area contributed by atoms with Crippen LogP contribution in [0.2, 0.25) is 0 Å². The molecular weight excluding hydrogens is 164 g/mol. The largest absolute Gasteiger partial charge is 0.416 e. The van der Waals surface area contributed by atoms with Crippen LogP contribution in [0.25, 0.3) is 0 Å². The van der Waals surface area contributed by atoms with Crippen LogP contribution in [0.15, 0.2) is 0 Å². The van der Waals surface area contributed by atoms with Crippen LogP contribution in [0.3, 0.4) is 0 Å². The molecule has 1 nitrogen and oxygen atoms in total. The van der Waals surface area contributed by atoms with Crippen molar-refractivity contribution >= 4 is 10.5 Å². The van der Waals surface area contributed by atoms with Crippen molar-refractivity contribution in [1.29, 1.82) is 0 Å². The summed E-state index contributed by atoms with van der Waals surface area (Å²) in [5.41, 5.74) is 0. The van der Waals surface area contributed by atoms with Gasteiger partial charge in [-0.1, -0.05) is 46.0 Å². The van der Waals surface area contributed by atoms with Crippen LogP contribution in [0.4, 0.5) is 0 Å². The molecule has 71 valence electrons. The molecule has 1 unspecified atom stereocenters. The van der Waals surface area contributed by atoms with Crippen molar-refractivity contribution in [2.24, 2.45) is 0 Å². The van der Waals surface area contributed by atoms with Gasteiger partial charge < -0.3 is 4.43 Å². The first-order valence-electron chi connectivity index (χ1n) is 5.17. The van der Waals surface area contributed by atoms with E-state index in [-0.39, 0.29) is 0 Å². The van der Waals surface area contributed by atoms with E-state index < -0.39 is 0 Å². The smallest absolute Gasteiger partial charge is 0.246 e. The molecule has 0 N–H and O–H groups in total. The van der Waals surface area contributed by atoms with Gasteiger partial charge in [0.15, 0.2) is 0 Å². The van der Waals surface area contributed by atoms with Crippen LogP contribution < -0.4 is 0 Å². The van der Waals surface area contributed by atoms with Crippen molar-refractivity contribution in [3.05, 3.63) is 0 Å². The van der Waals surface area contributed by atoms with Gasteiger partial charge in [0, 0.05) is 6.10 Å². The van der Waals surface area contributed by atoms with E-state index in [1.807, 2.05) is 0 Å². The third kappa shape index (κ3) is 6.86. The van der Waals surface area contributed by atoms with Crippen molar-refractivity contribution in [1.82, 2.24) is 0 Å². The van der Waals surface area contributed by atoms with E-state index in [0.29, 0.717) is 6.10 Å². The summed E-state index contributed by atoms with van der Waals surface area (Å²) in [7, 11) is 3.10. The van der Waals surface area contributed by atoms with Gasteiger partial charge in [0.25, 0.3) is 0 Å². The highest BCUT2D eigenvalue weighted by molar-refractivity contribution is 5.98. The summed E-state index contributed by atoms with van der Waals surface area (Å²) in [6.45, 7) is 4.41. The number of unbranched alkanes of at least 4 members (excludes halogenated alkanes) is 4. The topological polar surface area (TPSA) is 9.23 Å². The van der Waals surface area contributed by atoms with Gasteiger partial charge in [0.2, 0.25) is 10.5 Å². The van der Waals surface area contributed by atoms with Crippen LogP contribution in [-0.2, 0) is 4.43 Å². The standard InChI is InChI=1S/C10H21OSi/c1-3-5-6-7-8-9-10(4-2)11-12/h10H,3-9H2,1-2H3. The Morgan fingerprint density at radius 1 is 1.08 bits per heavy atom. The molecule has 0 aromatic carbocycles. The van der Waals surface area contributed by atoms with Gasteiger partial charge in [-0.05, 0) is 12.8 Å². The highest BCUT2D eigenvalue weighted by Crippen LogP contribution is 2.10. The van der Waals surface area contributed by atoms with E-state index >= 15 is 0 Å². The van der Waals surface area contributed by atoms with Gasteiger partial charge in [-0.2, -0.15) is 0 Å². The molecule has 0 spiro atoms. The van der Waals surface area contributed by atoms with Gasteiger partial charge in [-0.25, -0.2) is 0 Å². The van der Waals surface area contributed by atoms with Crippen molar-refractivity contribution in [3.8, 4) is 0 Å². The molecular formula is C10H21OSi. The lowest BCUT2D eigenvalue weighted by atomic mass is 10.1. The first-order chi connectivity index (χ1) is 5.85. The minimum absolute atomic E-state index is 0.420. The second-order valence-electron chi connectivity index (χ2n) is 3.35. The molecule has 1 atom stereocenters. The van der Waals surface area contributed by atoms with E-state index in [0.717, 1.165) is 6.42 Å². The number of rotatable bonds is 8. The van der Waals surface area contributed by atoms with Gasteiger partial charge in [0.1, 0.15) is 0 Å². The minimum Gasteiger partial charge on any atom is -0.416 e. The molecule has 0 bridgehead atoms. The lowest BCUT2D eigenvalue weighted by molar-refractivity contribution is 0.200. The van der Waals surface area contributed by atoms with E-state index in [9.17, 15) is 0 Å². The normalized spacial score (nSPS) is 13.2. The highest BCUT2D eigenvalue weighted by atomic mass is 28.2. The first-order valence-corrected chi connectivity index (χ1v) is 5.58. The predicted octanol–water partition coefficient (Wildman–Crippen LogP) is 3.23. The summed E-state index contributed by atoms with van der Waals surface area (Å²) in [6.07, 6.45) is 9.49. The second-order valence-corrected chi connectivity index (χ2v) is 3.59. The van der Waals surface area contributed by atoms with E-state index in [2.05, 4.69) is 24.3 Å². The molecule has 0 aromatic rings. The van der Waals surface area contributed by atoms with Crippen molar-refractivity contribution in [2.45, 2.75) is 64.9 Å². The van der Waals surface area contributed by atoms with E-state index in [4.69, 9.17) is 4.43 Å². The zero-order valence-corrected chi connectivity index (χ0v) is 9.44. The Balaban J connectivity index is 3.06. The summed E-state index contributed by atoms with van der Waals surface area (Å²) in [6, 6.07) is 0. The molecule has 2 heteroatoms. The Bertz CT molecular complexity index is 81.9. The van der Waals surface area contributed by atoms with Crippen molar-refractivity contribution < 1.29 is 4.43 Å². The van der Waals surface area contributed by atoms with Gasteiger partial charge >= 0.3 is 0 Å². The summed E-state index contributed by atoms with van der Waals surface area (Å²) >= 11 is 0. The minimum atomic E-state index is 0.420. The average Bonchev–Trinajstić information content (AvgIpc) is 2.11. The third-order valence-corrected chi connectivity index (χ3v) is 2.58. The maximum Gasteiger partial charge on any atom is 0.246 e. The summed E-state index contributed by atoms with van der Waals surface area (Å²) in [5, 5.41) is 0. The molecule has 0 aliphatic rings. The molecule has 0 fully saturated rings. The average molecular weight is 185 g/mol. The summed E-state index contributed by atoms with van der Waals surface area (Å²) in [5.74, 6) is 0. The Morgan fingerprint density at radius 2 is 1.75 bits per heavy atom. The van der Waals surface area contributed by atoms with Crippen molar-refractivity contribution in [2.75, 3.05) is 0 Å². The third-order valence-electron chi connectivity index (χ3n) is 2.25. The van der Waals surface area contributed by atoms with Crippen LogP contribution in [-0.4, -0.2) is 16.6 Å². The molecule has 0 saturated carbocycles. The van der Waals surface area contributed by atoms with E-state index in [1.165, 1.54) is 38.5 Å². The van der Waals surface area contributed by atoms with Crippen LogP contribution in [0.5, 0.6) is 0 Å². The van der Waals surface area contributed by atoms with Crippen LogP contribution in [0, 0.1) is 0 Å². The fourth-order valence-corrected chi connectivity index (χ4v) is 1.61. The maximum atomic E-state index is 5.11. The SMILES string of the molecule is CCCCCCCC(CC)O[Si]. The summed E-state index contributed by atoms with van der Waals surface area (Å²) < 4.78 is 5.11. The lowest BCUT2D eigenvalue weighted by Gasteiger charge is -2.12. The number of hydrogen-bond donors (Lipinski definition) is 0. The fourth-order valence-electron chi connectivity index (χ4n) is 1.32. The maximum absolute atomic E-state index is 5.11. The predicted molar refractivity (Wildman–Crippen MR) is 54.3 cm³/mol. The first kappa shape index (κ1) is 12.2. The van der Waals surface area contributed by atoms with Crippen LogP contribution in [0.1, 0.15) is 58.8 Å². The fraction of sp³-hybridized carbons (Fsp3) is 1.00. The molecule has 3 radical (unpaired) electrons. The number of hydrogen-bond acceptors (Lipinski definition) is 1. The second kappa shape index (κ2) is 9.27.